The van der Waals surface area contributed by atoms with Crippen LogP contribution in [0, 0.1) is 5.41 Å². The van der Waals surface area contributed by atoms with Crippen LogP contribution in [0.15, 0.2) is 0 Å². The van der Waals surface area contributed by atoms with E-state index >= 15 is 0 Å². The van der Waals surface area contributed by atoms with Crippen LogP contribution in [0.1, 0.15) is 19.3 Å². The van der Waals surface area contributed by atoms with Crippen molar-refractivity contribution in [1.82, 2.24) is 5.32 Å². The fourth-order valence-electron chi connectivity index (χ4n) is 1.26. The Balaban J connectivity index is 2.02. The van der Waals surface area contributed by atoms with Gasteiger partial charge in [0.05, 0.1) is 6.61 Å². The van der Waals surface area contributed by atoms with E-state index in [-0.39, 0.29) is 24.3 Å². The molecule has 1 fully saturated rings. The van der Waals surface area contributed by atoms with E-state index in [1.165, 1.54) is 0 Å². The van der Waals surface area contributed by atoms with E-state index < -0.39 is 12.8 Å². The number of hydrogen-bond donors (Lipinski definition) is 1. The van der Waals surface area contributed by atoms with Crippen molar-refractivity contribution in [2.24, 2.45) is 5.41 Å². The summed E-state index contributed by atoms with van der Waals surface area (Å²) in [6, 6.07) is 0. The van der Waals surface area contributed by atoms with Crippen LogP contribution >= 0.6 is 15.9 Å². The van der Waals surface area contributed by atoms with Gasteiger partial charge in [-0.3, -0.25) is 4.79 Å². The van der Waals surface area contributed by atoms with Crippen molar-refractivity contribution in [3.63, 3.8) is 0 Å². The molecule has 1 rings (SSSR count). The quantitative estimate of drug-likeness (QED) is 0.577. The molecule has 0 bridgehead atoms. The summed E-state index contributed by atoms with van der Waals surface area (Å²) in [7, 11) is 0. The van der Waals surface area contributed by atoms with Gasteiger partial charge in [0.15, 0.2) is 0 Å². The summed E-state index contributed by atoms with van der Waals surface area (Å²) in [5, 5.41) is 3.54. The number of amides is 1. The average Bonchev–Trinajstić information content (AvgIpc) is 3.01. The first-order valence-electron chi connectivity index (χ1n) is 5.34. The second-order valence-corrected chi connectivity index (χ2v) is 4.89. The van der Waals surface area contributed by atoms with Gasteiger partial charge in [-0.2, -0.15) is 13.2 Å². The molecule has 0 spiro atoms. The van der Waals surface area contributed by atoms with Crippen LogP contribution in [0.25, 0.3) is 0 Å². The molecule has 0 aromatic heterocycles. The number of nitrogens with one attached hydrogen (secondary N) is 1. The van der Waals surface area contributed by atoms with Crippen LogP contribution in [-0.4, -0.2) is 37.2 Å². The molecule has 0 aromatic rings. The number of hydrogen-bond acceptors (Lipinski definition) is 2. The van der Waals surface area contributed by atoms with Crippen molar-refractivity contribution in [2.45, 2.75) is 25.4 Å². The lowest BCUT2D eigenvalue weighted by Gasteiger charge is -2.12. The number of ether oxygens (including phenoxy) is 1. The summed E-state index contributed by atoms with van der Waals surface area (Å²) in [4.78, 5) is 11.3. The van der Waals surface area contributed by atoms with Gasteiger partial charge in [-0.15, -0.1) is 0 Å². The zero-order chi connectivity index (χ0) is 12.9. The van der Waals surface area contributed by atoms with E-state index in [1.807, 2.05) is 0 Å². The monoisotopic (exact) mass is 317 g/mol. The normalized spacial score (nSPS) is 17.9. The van der Waals surface area contributed by atoms with E-state index in [1.54, 1.807) is 0 Å². The van der Waals surface area contributed by atoms with Crippen LogP contribution in [0.2, 0.25) is 0 Å². The maximum Gasteiger partial charge on any atom is 0.411 e. The molecule has 7 heteroatoms. The maximum absolute atomic E-state index is 11.7. The first kappa shape index (κ1) is 14.8. The van der Waals surface area contributed by atoms with Gasteiger partial charge < -0.3 is 10.1 Å². The molecule has 17 heavy (non-hydrogen) atoms. The topological polar surface area (TPSA) is 38.3 Å². The summed E-state index contributed by atoms with van der Waals surface area (Å²) in [5.74, 6) is -0.264. The molecule has 1 aliphatic carbocycles. The highest BCUT2D eigenvalue weighted by atomic mass is 79.9. The molecule has 0 saturated heterocycles. The minimum Gasteiger partial charge on any atom is -0.372 e. The highest BCUT2D eigenvalue weighted by Gasteiger charge is 2.41. The number of carbonyl (C=O) groups excluding carboxylic acids is 1. The molecule has 0 heterocycles. The van der Waals surface area contributed by atoms with Gasteiger partial charge in [-0.05, 0) is 18.3 Å². The third kappa shape index (κ3) is 6.26. The van der Waals surface area contributed by atoms with Crippen molar-refractivity contribution in [3.05, 3.63) is 0 Å². The van der Waals surface area contributed by atoms with Crippen LogP contribution in [0.3, 0.4) is 0 Å². The minimum absolute atomic E-state index is 0.0333. The predicted octanol–water partition coefficient (Wildman–Crippen LogP) is 2.25. The summed E-state index contributed by atoms with van der Waals surface area (Å²) in [5.41, 5.74) is 0.169. The minimum atomic E-state index is -4.33. The van der Waals surface area contributed by atoms with E-state index in [4.69, 9.17) is 0 Å². The molecular formula is C10H15BrF3NO2. The second kappa shape index (κ2) is 6.04. The number of carbonyl (C=O) groups is 1. The summed E-state index contributed by atoms with van der Waals surface area (Å²) < 4.78 is 39.5. The third-order valence-electron chi connectivity index (χ3n) is 2.64. The molecule has 0 aliphatic heterocycles. The van der Waals surface area contributed by atoms with Crippen LogP contribution < -0.4 is 5.32 Å². The summed E-state index contributed by atoms with van der Waals surface area (Å²) in [6.45, 7) is -0.922. The zero-order valence-electron chi connectivity index (χ0n) is 9.28. The summed E-state index contributed by atoms with van der Waals surface area (Å²) in [6.07, 6.45) is -2.22. The standard InChI is InChI=1S/C10H15BrF3NO2/c11-5-9(2-3-9)6-15-8(16)1-4-17-7-10(12,13)14/h1-7H2,(H,15,16). The van der Waals surface area contributed by atoms with E-state index in [2.05, 4.69) is 26.0 Å². The summed E-state index contributed by atoms with van der Waals surface area (Å²) >= 11 is 3.37. The zero-order valence-corrected chi connectivity index (χ0v) is 10.9. The third-order valence-corrected chi connectivity index (χ3v) is 3.83. The van der Waals surface area contributed by atoms with Gasteiger partial charge in [0, 0.05) is 18.3 Å². The molecule has 0 aromatic carbocycles. The van der Waals surface area contributed by atoms with Crippen LogP contribution in [0.5, 0.6) is 0 Å². The first-order valence-corrected chi connectivity index (χ1v) is 6.46. The fraction of sp³-hybridized carbons (Fsp3) is 0.900. The Morgan fingerprint density at radius 1 is 1.41 bits per heavy atom. The largest absolute Gasteiger partial charge is 0.411 e. The predicted molar refractivity (Wildman–Crippen MR) is 60.0 cm³/mol. The van der Waals surface area contributed by atoms with Crippen molar-refractivity contribution < 1.29 is 22.7 Å². The lowest BCUT2D eigenvalue weighted by Crippen LogP contribution is -2.31. The molecular weight excluding hydrogens is 303 g/mol. The first-order chi connectivity index (χ1) is 7.87. The van der Waals surface area contributed by atoms with Gasteiger partial charge in [0.25, 0.3) is 0 Å². The highest BCUT2D eigenvalue weighted by molar-refractivity contribution is 9.09. The van der Waals surface area contributed by atoms with Crippen molar-refractivity contribution in [1.29, 1.82) is 0 Å². The van der Waals surface area contributed by atoms with Crippen LogP contribution in [0.4, 0.5) is 13.2 Å². The smallest absolute Gasteiger partial charge is 0.372 e. The fourth-order valence-corrected chi connectivity index (χ4v) is 2.02. The van der Waals surface area contributed by atoms with Gasteiger partial charge in [0.2, 0.25) is 5.91 Å². The van der Waals surface area contributed by atoms with Gasteiger partial charge >= 0.3 is 6.18 Å². The highest BCUT2D eigenvalue weighted by Crippen LogP contribution is 2.46. The van der Waals surface area contributed by atoms with E-state index in [9.17, 15) is 18.0 Å². The molecule has 1 aliphatic rings. The molecule has 1 N–H and O–H groups in total. The van der Waals surface area contributed by atoms with Crippen molar-refractivity contribution >= 4 is 21.8 Å². The Morgan fingerprint density at radius 2 is 2.06 bits per heavy atom. The SMILES string of the molecule is O=C(CCOCC(F)(F)F)NCC1(CBr)CC1. The van der Waals surface area contributed by atoms with Crippen molar-refractivity contribution in [3.8, 4) is 0 Å². The van der Waals surface area contributed by atoms with E-state index in [0.717, 1.165) is 18.2 Å². The Kier molecular flexibility index (Phi) is 5.24. The second-order valence-electron chi connectivity index (χ2n) is 4.33. The number of alkyl halides is 4. The van der Waals surface area contributed by atoms with E-state index in [0.29, 0.717) is 6.54 Å². The molecule has 1 amide bonds. The maximum atomic E-state index is 11.7. The molecule has 0 atom stereocenters. The molecule has 1 saturated carbocycles. The number of rotatable bonds is 7. The van der Waals surface area contributed by atoms with Crippen molar-refractivity contribution in [2.75, 3.05) is 25.1 Å². The Bertz CT molecular complexity index is 267. The molecule has 100 valence electrons. The van der Waals surface area contributed by atoms with Gasteiger partial charge in [0.1, 0.15) is 6.61 Å². The average molecular weight is 318 g/mol. The van der Waals surface area contributed by atoms with Gasteiger partial charge in [-0.1, -0.05) is 15.9 Å². The Labute approximate surface area is 106 Å². The number of halogens is 4. The Morgan fingerprint density at radius 3 is 2.53 bits per heavy atom. The molecule has 0 unspecified atom stereocenters. The van der Waals surface area contributed by atoms with Gasteiger partial charge in [-0.25, -0.2) is 0 Å². The lowest BCUT2D eigenvalue weighted by molar-refractivity contribution is -0.174. The van der Waals surface area contributed by atoms with Crippen LogP contribution in [-0.2, 0) is 9.53 Å². The lowest BCUT2D eigenvalue weighted by atomic mass is 10.1. The molecule has 3 nitrogen and oxygen atoms in total. The molecule has 0 radical (unpaired) electrons. The Hall–Kier alpha value is -0.300.